The lowest BCUT2D eigenvalue weighted by Crippen LogP contribution is -2.25. The van der Waals surface area contributed by atoms with Crippen LogP contribution in [0.3, 0.4) is 0 Å². The SMILES string of the molecule is O=C(CCc1cncc(F)c1)NCCc1cccc(-c2ccccc2)c1. The molecular formula is C22H21FN2O. The first kappa shape index (κ1) is 17.8. The quantitative estimate of drug-likeness (QED) is 0.696. The number of halogens is 1. The number of aromatic nitrogens is 1. The normalized spacial score (nSPS) is 10.5. The molecule has 3 rings (SSSR count). The first-order valence-corrected chi connectivity index (χ1v) is 8.71. The van der Waals surface area contributed by atoms with Crippen molar-refractivity contribution in [3.8, 4) is 11.1 Å². The summed E-state index contributed by atoms with van der Waals surface area (Å²) >= 11 is 0. The Hall–Kier alpha value is -3.01. The number of amides is 1. The lowest BCUT2D eigenvalue weighted by molar-refractivity contribution is -0.121. The molecule has 0 unspecified atom stereocenters. The van der Waals surface area contributed by atoms with Gasteiger partial charge in [-0.25, -0.2) is 4.39 Å². The topological polar surface area (TPSA) is 42.0 Å². The van der Waals surface area contributed by atoms with Crippen molar-refractivity contribution in [3.05, 3.63) is 90.0 Å². The van der Waals surface area contributed by atoms with E-state index in [1.54, 1.807) is 6.20 Å². The minimum atomic E-state index is -0.374. The third-order valence-electron chi connectivity index (χ3n) is 4.17. The molecule has 26 heavy (non-hydrogen) atoms. The fourth-order valence-corrected chi connectivity index (χ4v) is 2.82. The molecule has 1 amide bonds. The molecule has 0 aliphatic rings. The van der Waals surface area contributed by atoms with Gasteiger partial charge in [-0.3, -0.25) is 9.78 Å². The molecule has 0 aliphatic heterocycles. The van der Waals surface area contributed by atoms with Crippen molar-refractivity contribution in [1.29, 1.82) is 0 Å². The highest BCUT2D eigenvalue weighted by atomic mass is 19.1. The van der Waals surface area contributed by atoms with E-state index in [4.69, 9.17) is 0 Å². The summed E-state index contributed by atoms with van der Waals surface area (Å²) in [5, 5.41) is 2.92. The molecule has 0 spiro atoms. The van der Waals surface area contributed by atoms with Gasteiger partial charge in [0.25, 0.3) is 0 Å². The van der Waals surface area contributed by atoms with Crippen LogP contribution in [0.1, 0.15) is 17.5 Å². The summed E-state index contributed by atoms with van der Waals surface area (Å²) in [6.45, 7) is 0.582. The van der Waals surface area contributed by atoms with Gasteiger partial charge in [0.2, 0.25) is 5.91 Å². The molecule has 4 heteroatoms. The van der Waals surface area contributed by atoms with Crippen molar-refractivity contribution in [2.45, 2.75) is 19.3 Å². The van der Waals surface area contributed by atoms with E-state index in [0.717, 1.165) is 18.2 Å². The number of benzene rings is 2. The van der Waals surface area contributed by atoms with Crippen LogP contribution in [0.25, 0.3) is 11.1 Å². The summed E-state index contributed by atoms with van der Waals surface area (Å²) in [6, 6.07) is 20.0. The number of rotatable bonds is 7. The van der Waals surface area contributed by atoms with Crippen LogP contribution in [-0.4, -0.2) is 17.4 Å². The minimum Gasteiger partial charge on any atom is -0.356 e. The Morgan fingerprint density at radius 1 is 0.885 bits per heavy atom. The van der Waals surface area contributed by atoms with Crippen molar-refractivity contribution >= 4 is 5.91 Å². The van der Waals surface area contributed by atoms with Gasteiger partial charge in [0.05, 0.1) is 6.20 Å². The van der Waals surface area contributed by atoms with Gasteiger partial charge < -0.3 is 5.32 Å². The van der Waals surface area contributed by atoms with Gasteiger partial charge in [-0.15, -0.1) is 0 Å². The van der Waals surface area contributed by atoms with E-state index in [-0.39, 0.29) is 11.7 Å². The Morgan fingerprint density at radius 3 is 2.50 bits per heavy atom. The van der Waals surface area contributed by atoms with Crippen LogP contribution < -0.4 is 5.32 Å². The van der Waals surface area contributed by atoms with Gasteiger partial charge in [-0.2, -0.15) is 0 Å². The molecule has 132 valence electrons. The predicted octanol–water partition coefficient (Wildman–Crippen LogP) is 4.18. The van der Waals surface area contributed by atoms with Crippen molar-refractivity contribution in [1.82, 2.24) is 10.3 Å². The molecule has 1 aromatic heterocycles. The molecule has 0 saturated heterocycles. The Balaban J connectivity index is 1.46. The minimum absolute atomic E-state index is 0.0338. The Kier molecular flexibility index (Phi) is 6.09. The highest BCUT2D eigenvalue weighted by molar-refractivity contribution is 5.76. The van der Waals surface area contributed by atoms with Crippen molar-refractivity contribution in [3.63, 3.8) is 0 Å². The van der Waals surface area contributed by atoms with E-state index in [1.807, 2.05) is 24.3 Å². The van der Waals surface area contributed by atoms with Gasteiger partial charge >= 0.3 is 0 Å². The van der Waals surface area contributed by atoms with Crippen molar-refractivity contribution in [2.24, 2.45) is 0 Å². The Bertz CT molecular complexity index is 865. The summed E-state index contributed by atoms with van der Waals surface area (Å²) in [7, 11) is 0. The molecule has 3 nitrogen and oxygen atoms in total. The smallest absolute Gasteiger partial charge is 0.220 e. The number of nitrogens with one attached hydrogen (secondary N) is 1. The molecule has 1 N–H and O–H groups in total. The second kappa shape index (κ2) is 8.90. The third-order valence-corrected chi connectivity index (χ3v) is 4.17. The Labute approximate surface area is 152 Å². The van der Waals surface area contributed by atoms with Crippen LogP contribution in [0, 0.1) is 5.82 Å². The first-order chi connectivity index (χ1) is 12.7. The van der Waals surface area contributed by atoms with E-state index in [2.05, 4.69) is 40.6 Å². The molecule has 3 aromatic rings. The second-order valence-electron chi connectivity index (χ2n) is 6.18. The maximum Gasteiger partial charge on any atom is 0.220 e. The van der Waals surface area contributed by atoms with Crippen molar-refractivity contribution < 1.29 is 9.18 Å². The van der Waals surface area contributed by atoms with Crippen LogP contribution in [0.2, 0.25) is 0 Å². The van der Waals surface area contributed by atoms with E-state index >= 15 is 0 Å². The highest BCUT2D eigenvalue weighted by Gasteiger charge is 2.04. The largest absolute Gasteiger partial charge is 0.356 e. The summed E-state index contributed by atoms with van der Waals surface area (Å²) in [5.41, 5.74) is 4.27. The number of hydrogen-bond acceptors (Lipinski definition) is 2. The molecule has 0 radical (unpaired) electrons. The lowest BCUT2D eigenvalue weighted by Gasteiger charge is -2.08. The third kappa shape index (κ3) is 5.24. The Morgan fingerprint density at radius 2 is 1.69 bits per heavy atom. The number of aryl methyl sites for hydroxylation is 1. The number of carbonyl (C=O) groups excluding carboxylic acids is 1. The molecule has 2 aromatic carbocycles. The zero-order valence-electron chi connectivity index (χ0n) is 14.5. The zero-order valence-corrected chi connectivity index (χ0v) is 14.5. The van der Waals surface area contributed by atoms with Crippen molar-refractivity contribution in [2.75, 3.05) is 6.54 Å². The molecular weight excluding hydrogens is 327 g/mol. The lowest BCUT2D eigenvalue weighted by atomic mass is 10.0. The van der Waals surface area contributed by atoms with Gasteiger partial charge in [0.15, 0.2) is 0 Å². The molecule has 0 bridgehead atoms. The maximum atomic E-state index is 13.1. The molecule has 1 heterocycles. The number of carbonyl (C=O) groups is 1. The zero-order chi connectivity index (χ0) is 18.2. The number of nitrogens with zero attached hydrogens (tertiary/aromatic N) is 1. The summed E-state index contributed by atoms with van der Waals surface area (Å²) < 4.78 is 13.1. The van der Waals surface area contributed by atoms with E-state index in [0.29, 0.717) is 19.4 Å². The summed E-state index contributed by atoms with van der Waals surface area (Å²) in [4.78, 5) is 15.7. The maximum absolute atomic E-state index is 13.1. The van der Waals surface area contributed by atoms with Gasteiger partial charge in [-0.05, 0) is 41.2 Å². The van der Waals surface area contributed by atoms with Gasteiger partial charge in [0, 0.05) is 19.2 Å². The molecule has 0 aliphatic carbocycles. The predicted molar refractivity (Wildman–Crippen MR) is 101 cm³/mol. The molecule has 0 saturated carbocycles. The van der Waals surface area contributed by atoms with E-state index in [1.165, 1.54) is 22.8 Å². The number of hydrogen-bond donors (Lipinski definition) is 1. The fourth-order valence-electron chi connectivity index (χ4n) is 2.82. The monoisotopic (exact) mass is 348 g/mol. The van der Waals surface area contributed by atoms with Crippen LogP contribution in [0.15, 0.2) is 73.1 Å². The van der Waals surface area contributed by atoms with Gasteiger partial charge in [-0.1, -0.05) is 54.6 Å². The molecule has 0 atom stereocenters. The van der Waals surface area contributed by atoms with Crippen LogP contribution in [0.4, 0.5) is 4.39 Å². The average molecular weight is 348 g/mol. The number of pyridine rings is 1. The highest BCUT2D eigenvalue weighted by Crippen LogP contribution is 2.20. The average Bonchev–Trinajstić information content (AvgIpc) is 2.67. The summed E-state index contributed by atoms with van der Waals surface area (Å²) in [6.07, 6.45) is 4.34. The second-order valence-corrected chi connectivity index (χ2v) is 6.18. The standard InChI is InChI=1S/C22H21FN2O/c23-21-14-18(15-24-16-21)9-10-22(26)25-12-11-17-5-4-8-20(13-17)19-6-2-1-3-7-19/h1-8,13-16H,9-12H2,(H,25,26). The summed E-state index contributed by atoms with van der Waals surface area (Å²) in [5.74, 6) is -0.408. The fraction of sp³-hybridized carbons (Fsp3) is 0.182. The van der Waals surface area contributed by atoms with Crippen LogP contribution >= 0.6 is 0 Å². The van der Waals surface area contributed by atoms with Gasteiger partial charge in [0.1, 0.15) is 5.82 Å². The van der Waals surface area contributed by atoms with Crippen LogP contribution in [-0.2, 0) is 17.6 Å². The first-order valence-electron chi connectivity index (χ1n) is 8.71. The van der Waals surface area contributed by atoms with E-state index < -0.39 is 0 Å². The molecule has 0 fully saturated rings. The van der Waals surface area contributed by atoms with Crippen LogP contribution in [0.5, 0.6) is 0 Å². The van der Waals surface area contributed by atoms with E-state index in [9.17, 15) is 9.18 Å².